The third-order valence-corrected chi connectivity index (χ3v) is 1.78. The molecular formula is C9H17N3O. The summed E-state index contributed by atoms with van der Waals surface area (Å²) < 4.78 is 0. The van der Waals surface area contributed by atoms with Crippen molar-refractivity contribution in [3.8, 4) is 6.07 Å². The molecule has 0 aromatic carbocycles. The van der Waals surface area contributed by atoms with E-state index in [1.807, 2.05) is 32.0 Å². The van der Waals surface area contributed by atoms with E-state index in [4.69, 9.17) is 5.26 Å². The highest BCUT2D eigenvalue weighted by atomic mass is 16.2. The van der Waals surface area contributed by atoms with Crippen molar-refractivity contribution >= 4 is 5.91 Å². The standard InChI is InChI=1S/C9H17N3O/c1-4-12(8-7-11(2)3)9(13)5-6-10/h4-5,7-8H2,1-3H3. The zero-order valence-electron chi connectivity index (χ0n) is 8.58. The molecule has 0 N–H and O–H groups in total. The van der Waals surface area contributed by atoms with E-state index in [0.29, 0.717) is 13.1 Å². The van der Waals surface area contributed by atoms with E-state index < -0.39 is 0 Å². The van der Waals surface area contributed by atoms with Gasteiger partial charge in [0.2, 0.25) is 5.91 Å². The minimum atomic E-state index is -0.0770. The molecule has 74 valence electrons. The van der Waals surface area contributed by atoms with Gasteiger partial charge in [0.25, 0.3) is 0 Å². The van der Waals surface area contributed by atoms with Crippen molar-refractivity contribution < 1.29 is 4.79 Å². The van der Waals surface area contributed by atoms with E-state index in [0.717, 1.165) is 6.54 Å². The number of likely N-dealkylation sites (N-methyl/N-ethyl adjacent to an activating group) is 2. The Kier molecular flexibility index (Phi) is 5.90. The highest BCUT2D eigenvalue weighted by Crippen LogP contribution is 1.93. The Bertz CT molecular complexity index is 196. The second kappa shape index (κ2) is 6.44. The van der Waals surface area contributed by atoms with E-state index in [1.165, 1.54) is 0 Å². The summed E-state index contributed by atoms with van der Waals surface area (Å²) in [5.41, 5.74) is 0. The summed E-state index contributed by atoms with van der Waals surface area (Å²) in [6.07, 6.45) is -0.0126. The first kappa shape index (κ1) is 11.9. The van der Waals surface area contributed by atoms with E-state index in [1.54, 1.807) is 4.90 Å². The highest BCUT2D eigenvalue weighted by Gasteiger charge is 2.10. The number of amides is 1. The maximum Gasteiger partial charge on any atom is 0.236 e. The molecule has 0 heterocycles. The van der Waals surface area contributed by atoms with Crippen LogP contribution in [0, 0.1) is 11.3 Å². The highest BCUT2D eigenvalue weighted by molar-refractivity contribution is 5.78. The van der Waals surface area contributed by atoms with Gasteiger partial charge in [-0.25, -0.2) is 0 Å². The number of carbonyl (C=O) groups is 1. The molecule has 0 aliphatic carbocycles. The molecule has 0 saturated heterocycles. The van der Waals surface area contributed by atoms with Crippen LogP contribution < -0.4 is 0 Å². The predicted molar refractivity (Wildman–Crippen MR) is 51.0 cm³/mol. The second-order valence-electron chi connectivity index (χ2n) is 3.11. The summed E-state index contributed by atoms with van der Waals surface area (Å²) in [5, 5.41) is 8.35. The molecular weight excluding hydrogens is 166 g/mol. The lowest BCUT2D eigenvalue weighted by atomic mass is 10.3. The first-order valence-electron chi connectivity index (χ1n) is 4.41. The molecule has 0 aliphatic rings. The van der Waals surface area contributed by atoms with E-state index in [-0.39, 0.29) is 12.3 Å². The second-order valence-corrected chi connectivity index (χ2v) is 3.11. The fraction of sp³-hybridized carbons (Fsp3) is 0.778. The normalized spacial score (nSPS) is 9.77. The van der Waals surface area contributed by atoms with Gasteiger partial charge in [-0.3, -0.25) is 4.79 Å². The maximum absolute atomic E-state index is 11.3. The number of hydrogen-bond donors (Lipinski definition) is 0. The van der Waals surface area contributed by atoms with Gasteiger partial charge in [-0.15, -0.1) is 0 Å². The van der Waals surface area contributed by atoms with Crippen LogP contribution in [0.1, 0.15) is 13.3 Å². The molecule has 0 unspecified atom stereocenters. The third kappa shape index (κ3) is 5.21. The number of carbonyl (C=O) groups excluding carboxylic acids is 1. The quantitative estimate of drug-likeness (QED) is 0.616. The first-order valence-corrected chi connectivity index (χ1v) is 4.41. The molecule has 0 aliphatic heterocycles. The van der Waals surface area contributed by atoms with Crippen molar-refractivity contribution in [2.75, 3.05) is 33.7 Å². The Balaban J connectivity index is 3.89. The van der Waals surface area contributed by atoms with Gasteiger partial charge < -0.3 is 9.80 Å². The van der Waals surface area contributed by atoms with Crippen LogP contribution in [0.15, 0.2) is 0 Å². The molecule has 0 fully saturated rings. The van der Waals surface area contributed by atoms with Crippen molar-refractivity contribution in [2.24, 2.45) is 0 Å². The lowest BCUT2D eigenvalue weighted by Gasteiger charge is -2.21. The average molecular weight is 183 g/mol. The minimum Gasteiger partial charge on any atom is -0.341 e. The Morgan fingerprint density at radius 2 is 2.00 bits per heavy atom. The Hall–Kier alpha value is -1.08. The molecule has 0 spiro atoms. The number of nitriles is 1. The first-order chi connectivity index (χ1) is 6.11. The Morgan fingerprint density at radius 1 is 1.38 bits per heavy atom. The summed E-state index contributed by atoms with van der Waals surface area (Å²) >= 11 is 0. The summed E-state index contributed by atoms with van der Waals surface area (Å²) in [4.78, 5) is 15.0. The molecule has 13 heavy (non-hydrogen) atoms. The van der Waals surface area contributed by atoms with Crippen LogP contribution >= 0.6 is 0 Å². The zero-order valence-corrected chi connectivity index (χ0v) is 8.58. The summed E-state index contributed by atoms with van der Waals surface area (Å²) in [7, 11) is 3.92. The summed E-state index contributed by atoms with van der Waals surface area (Å²) in [6, 6.07) is 1.87. The van der Waals surface area contributed by atoms with Crippen LogP contribution in [-0.2, 0) is 4.79 Å². The molecule has 4 nitrogen and oxygen atoms in total. The van der Waals surface area contributed by atoms with Crippen LogP contribution in [-0.4, -0.2) is 49.4 Å². The molecule has 0 saturated carbocycles. The molecule has 0 bridgehead atoms. The summed E-state index contributed by atoms with van der Waals surface area (Å²) in [6.45, 7) is 4.13. The maximum atomic E-state index is 11.3. The summed E-state index contributed by atoms with van der Waals surface area (Å²) in [5.74, 6) is -0.0770. The van der Waals surface area contributed by atoms with E-state index >= 15 is 0 Å². The van der Waals surface area contributed by atoms with Gasteiger partial charge in [-0.2, -0.15) is 5.26 Å². The minimum absolute atomic E-state index is 0.0126. The fourth-order valence-electron chi connectivity index (χ4n) is 0.959. The molecule has 0 radical (unpaired) electrons. The molecule has 0 aromatic rings. The molecule has 1 amide bonds. The topological polar surface area (TPSA) is 47.3 Å². The fourth-order valence-corrected chi connectivity index (χ4v) is 0.959. The van der Waals surface area contributed by atoms with E-state index in [2.05, 4.69) is 0 Å². The van der Waals surface area contributed by atoms with Crippen molar-refractivity contribution in [1.29, 1.82) is 5.26 Å². The van der Waals surface area contributed by atoms with Crippen molar-refractivity contribution in [3.63, 3.8) is 0 Å². The lowest BCUT2D eigenvalue weighted by molar-refractivity contribution is -0.130. The van der Waals surface area contributed by atoms with Crippen LogP contribution in [0.4, 0.5) is 0 Å². The van der Waals surface area contributed by atoms with Gasteiger partial charge in [0.05, 0.1) is 6.07 Å². The van der Waals surface area contributed by atoms with Crippen molar-refractivity contribution in [1.82, 2.24) is 9.80 Å². The largest absolute Gasteiger partial charge is 0.341 e. The number of hydrogen-bond acceptors (Lipinski definition) is 3. The molecule has 0 rings (SSSR count). The van der Waals surface area contributed by atoms with Crippen molar-refractivity contribution in [3.05, 3.63) is 0 Å². The lowest BCUT2D eigenvalue weighted by Crippen LogP contribution is -2.36. The Morgan fingerprint density at radius 3 is 2.38 bits per heavy atom. The molecule has 4 heteroatoms. The number of rotatable bonds is 5. The van der Waals surface area contributed by atoms with E-state index in [9.17, 15) is 4.79 Å². The smallest absolute Gasteiger partial charge is 0.236 e. The van der Waals surface area contributed by atoms with Gasteiger partial charge in [0, 0.05) is 19.6 Å². The Labute approximate surface area is 79.7 Å². The van der Waals surface area contributed by atoms with Crippen molar-refractivity contribution in [2.45, 2.75) is 13.3 Å². The molecule has 0 aromatic heterocycles. The van der Waals surface area contributed by atoms with Gasteiger partial charge in [-0.1, -0.05) is 0 Å². The van der Waals surface area contributed by atoms with Gasteiger partial charge in [0.1, 0.15) is 6.42 Å². The zero-order chi connectivity index (χ0) is 10.3. The average Bonchev–Trinajstić information content (AvgIpc) is 2.05. The van der Waals surface area contributed by atoms with Crippen LogP contribution in [0.25, 0.3) is 0 Å². The SMILES string of the molecule is CCN(CCN(C)C)C(=O)CC#N. The third-order valence-electron chi connectivity index (χ3n) is 1.78. The molecule has 0 atom stereocenters. The van der Waals surface area contributed by atoms with Gasteiger partial charge in [0.15, 0.2) is 0 Å². The number of nitrogens with zero attached hydrogens (tertiary/aromatic N) is 3. The van der Waals surface area contributed by atoms with Crippen LogP contribution in [0.2, 0.25) is 0 Å². The van der Waals surface area contributed by atoms with Crippen LogP contribution in [0.3, 0.4) is 0 Å². The van der Waals surface area contributed by atoms with Gasteiger partial charge >= 0.3 is 0 Å². The predicted octanol–water partition coefficient (Wildman–Crippen LogP) is 0.310. The van der Waals surface area contributed by atoms with Gasteiger partial charge in [-0.05, 0) is 21.0 Å². The van der Waals surface area contributed by atoms with Crippen LogP contribution in [0.5, 0.6) is 0 Å². The monoisotopic (exact) mass is 183 g/mol.